The summed E-state index contributed by atoms with van der Waals surface area (Å²) in [6, 6.07) is 1.49. The van der Waals surface area contributed by atoms with Crippen LogP contribution in [0.25, 0.3) is 0 Å². The molecule has 0 aliphatic carbocycles. The molecule has 6 heteroatoms. The number of H-pyrrole nitrogens is 1. The lowest BCUT2D eigenvalue weighted by molar-refractivity contribution is 0.277. The van der Waals surface area contributed by atoms with Crippen LogP contribution in [0.1, 0.15) is 19.5 Å². The molecular weight excluding hydrogens is 240 g/mol. The first-order valence-electron chi connectivity index (χ1n) is 5.73. The molecule has 0 aromatic carbocycles. The molecule has 0 radical (unpaired) electrons. The molecule has 2 atom stereocenters. The van der Waals surface area contributed by atoms with E-state index < -0.39 is 10.0 Å². The average molecular weight is 258 g/mol. The Balaban J connectivity index is 2.25. The van der Waals surface area contributed by atoms with Gasteiger partial charge in [0.1, 0.15) is 0 Å². The average Bonchev–Trinajstić information content (AvgIpc) is 2.87. The second-order valence-electron chi connectivity index (χ2n) is 4.80. The number of rotatable bonds is 3. The highest BCUT2D eigenvalue weighted by molar-refractivity contribution is 7.89. The van der Waals surface area contributed by atoms with E-state index in [0.717, 1.165) is 0 Å². The largest absolute Gasteiger partial charge is 0.390 e. The Morgan fingerprint density at radius 2 is 2.00 bits per heavy atom. The van der Waals surface area contributed by atoms with Gasteiger partial charge in [0, 0.05) is 25.0 Å². The third-order valence-corrected chi connectivity index (χ3v) is 5.29. The smallest absolute Gasteiger partial charge is 0.244 e. The van der Waals surface area contributed by atoms with Gasteiger partial charge in [0.25, 0.3) is 0 Å². The maximum Gasteiger partial charge on any atom is 0.244 e. The Morgan fingerprint density at radius 1 is 1.41 bits per heavy atom. The quantitative estimate of drug-likeness (QED) is 0.841. The standard InChI is InChI=1S/C11H18N2O3S/c1-8-5-13(6-9(8)2)17(15,16)11-3-10(7-14)12-4-11/h3-4,8-9,12,14H,5-7H2,1-2H3. The summed E-state index contributed by atoms with van der Waals surface area (Å²) in [5.41, 5.74) is 0.517. The minimum Gasteiger partial charge on any atom is -0.390 e. The third-order valence-electron chi connectivity index (χ3n) is 3.48. The van der Waals surface area contributed by atoms with Crippen molar-refractivity contribution in [2.75, 3.05) is 13.1 Å². The summed E-state index contributed by atoms with van der Waals surface area (Å²) in [4.78, 5) is 2.99. The van der Waals surface area contributed by atoms with Crippen LogP contribution in [0.3, 0.4) is 0 Å². The fourth-order valence-electron chi connectivity index (χ4n) is 2.08. The van der Waals surface area contributed by atoms with Gasteiger partial charge in [-0.2, -0.15) is 4.31 Å². The second-order valence-corrected chi connectivity index (χ2v) is 6.73. The zero-order chi connectivity index (χ0) is 12.6. The summed E-state index contributed by atoms with van der Waals surface area (Å²) in [7, 11) is -3.40. The number of aliphatic hydroxyl groups is 1. The number of nitrogens with zero attached hydrogens (tertiary/aromatic N) is 1. The zero-order valence-electron chi connectivity index (χ0n) is 10.0. The van der Waals surface area contributed by atoms with Gasteiger partial charge in [0.2, 0.25) is 10.0 Å². The highest BCUT2D eigenvalue weighted by Crippen LogP contribution is 2.28. The van der Waals surface area contributed by atoms with Crippen molar-refractivity contribution in [1.29, 1.82) is 0 Å². The summed E-state index contributed by atoms with van der Waals surface area (Å²) < 4.78 is 26.1. The second kappa shape index (κ2) is 4.44. The summed E-state index contributed by atoms with van der Waals surface area (Å²) in [6.45, 7) is 5.10. The van der Waals surface area contributed by atoms with Crippen molar-refractivity contribution in [3.8, 4) is 0 Å². The number of hydrogen-bond donors (Lipinski definition) is 2. The van der Waals surface area contributed by atoms with Crippen LogP contribution in [0.4, 0.5) is 0 Å². The molecule has 1 fully saturated rings. The lowest BCUT2D eigenvalue weighted by Gasteiger charge is -2.14. The van der Waals surface area contributed by atoms with Gasteiger partial charge < -0.3 is 10.1 Å². The summed E-state index contributed by atoms with van der Waals surface area (Å²) in [5, 5.41) is 8.93. The van der Waals surface area contributed by atoms with E-state index in [1.54, 1.807) is 0 Å². The van der Waals surface area contributed by atoms with Crippen LogP contribution in [0.2, 0.25) is 0 Å². The first-order chi connectivity index (χ1) is 7.95. The number of nitrogens with one attached hydrogen (secondary N) is 1. The van der Waals surface area contributed by atoms with E-state index in [2.05, 4.69) is 18.8 Å². The molecule has 2 heterocycles. The highest BCUT2D eigenvalue weighted by Gasteiger charge is 2.35. The predicted octanol–water partition coefficient (Wildman–Crippen LogP) is 0.784. The van der Waals surface area contributed by atoms with E-state index in [1.165, 1.54) is 16.6 Å². The molecule has 5 nitrogen and oxygen atoms in total. The van der Waals surface area contributed by atoms with Crippen molar-refractivity contribution in [3.05, 3.63) is 18.0 Å². The molecule has 0 amide bonds. The third kappa shape index (κ3) is 2.25. The van der Waals surface area contributed by atoms with Gasteiger partial charge in [-0.05, 0) is 17.9 Å². The van der Waals surface area contributed by atoms with Crippen LogP contribution in [0.5, 0.6) is 0 Å². The van der Waals surface area contributed by atoms with Crippen molar-refractivity contribution >= 4 is 10.0 Å². The Hall–Kier alpha value is -0.850. The maximum absolute atomic E-state index is 12.3. The van der Waals surface area contributed by atoms with Crippen LogP contribution < -0.4 is 0 Å². The monoisotopic (exact) mass is 258 g/mol. The van der Waals surface area contributed by atoms with E-state index in [-0.39, 0.29) is 11.5 Å². The number of hydrogen-bond acceptors (Lipinski definition) is 3. The van der Waals surface area contributed by atoms with Gasteiger partial charge in [-0.15, -0.1) is 0 Å². The lowest BCUT2D eigenvalue weighted by Crippen LogP contribution is -2.28. The molecule has 17 heavy (non-hydrogen) atoms. The van der Waals surface area contributed by atoms with Crippen molar-refractivity contribution in [1.82, 2.24) is 9.29 Å². The molecule has 2 rings (SSSR count). The van der Waals surface area contributed by atoms with Crippen LogP contribution in [0.15, 0.2) is 17.2 Å². The number of sulfonamides is 1. The van der Waals surface area contributed by atoms with E-state index in [0.29, 0.717) is 30.6 Å². The highest BCUT2D eigenvalue weighted by atomic mass is 32.2. The fourth-order valence-corrected chi connectivity index (χ4v) is 3.74. The maximum atomic E-state index is 12.3. The number of aromatic nitrogens is 1. The van der Waals surface area contributed by atoms with Gasteiger partial charge in [-0.1, -0.05) is 13.8 Å². The molecule has 1 aliphatic rings. The van der Waals surface area contributed by atoms with Crippen molar-refractivity contribution in [2.45, 2.75) is 25.3 Å². The minimum absolute atomic E-state index is 0.178. The SMILES string of the molecule is CC1CN(S(=O)(=O)c2c[nH]c(CO)c2)CC1C. The van der Waals surface area contributed by atoms with Gasteiger partial charge in [-0.25, -0.2) is 8.42 Å². The molecule has 2 unspecified atom stereocenters. The molecule has 2 N–H and O–H groups in total. The fraction of sp³-hybridized carbons (Fsp3) is 0.636. The minimum atomic E-state index is -3.40. The van der Waals surface area contributed by atoms with E-state index in [4.69, 9.17) is 5.11 Å². The molecular formula is C11H18N2O3S. The molecule has 96 valence electrons. The molecule has 1 aliphatic heterocycles. The molecule has 0 saturated carbocycles. The summed E-state index contributed by atoms with van der Waals surface area (Å²) in [6.07, 6.45) is 1.44. The Bertz CT molecular complexity index is 485. The number of aromatic amines is 1. The van der Waals surface area contributed by atoms with Crippen LogP contribution in [-0.2, 0) is 16.6 Å². The van der Waals surface area contributed by atoms with Crippen LogP contribution in [0, 0.1) is 11.8 Å². The van der Waals surface area contributed by atoms with Crippen molar-refractivity contribution in [3.63, 3.8) is 0 Å². The van der Waals surface area contributed by atoms with Crippen molar-refractivity contribution in [2.24, 2.45) is 11.8 Å². The van der Waals surface area contributed by atoms with Gasteiger partial charge >= 0.3 is 0 Å². The van der Waals surface area contributed by atoms with Gasteiger partial charge in [0.15, 0.2) is 0 Å². The first kappa shape index (κ1) is 12.6. The van der Waals surface area contributed by atoms with Gasteiger partial charge in [0.05, 0.1) is 11.5 Å². The van der Waals surface area contributed by atoms with E-state index in [9.17, 15) is 8.42 Å². The Labute approximate surface area is 102 Å². The Morgan fingerprint density at radius 3 is 2.47 bits per heavy atom. The van der Waals surface area contributed by atoms with Crippen LogP contribution in [-0.4, -0.2) is 35.9 Å². The zero-order valence-corrected chi connectivity index (χ0v) is 10.9. The van der Waals surface area contributed by atoms with Crippen molar-refractivity contribution < 1.29 is 13.5 Å². The normalized spacial score (nSPS) is 26.5. The van der Waals surface area contributed by atoms with E-state index >= 15 is 0 Å². The predicted molar refractivity (Wildman–Crippen MR) is 63.8 cm³/mol. The summed E-state index contributed by atoms with van der Waals surface area (Å²) >= 11 is 0. The Kier molecular flexibility index (Phi) is 3.29. The number of aliphatic hydroxyl groups excluding tert-OH is 1. The molecule has 0 spiro atoms. The van der Waals surface area contributed by atoms with E-state index in [1.807, 2.05) is 0 Å². The molecule has 0 bridgehead atoms. The van der Waals surface area contributed by atoms with Crippen LogP contribution >= 0.6 is 0 Å². The topological polar surface area (TPSA) is 73.4 Å². The summed E-state index contributed by atoms with van der Waals surface area (Å²) in [5.74, 6) is 0.780. The van der Waals surface area contributed by atoms with Gasteiger partial charge in [-0.3, -0.25) is 0 Å². The molecule has 1 aromatic heterocycles. The molecule has 1 saturated heterocycles. The first-order valence-corrected chi connectivity index (χ1v) is 7.17. The molecule has 1 aromatic rings. The lowest BCUT2D eigenvalue weighted by atomic mass is 10.0.